The fourth-order valence-electron chi connectivity index (χ4n) is 1.32. The summed E-state index contributed by atoms with van der Waals surface area (Å²) in [6, 6.07) is 0. The van der Waals surface area contributed by atoms with Gasteiger partial charge in [0.2, 0.25) is 0 Å². The first-order valence-electron chi connectivity index (χ1n) is 5.57. The molecule has 0 radical (unpaired) electrons. The van der Waals surface area contributed by atoms with Gasteiger partial charge in [-0.2, -0.15) is 11.8 Å². The normalized spacial score (nSPS) is 10.2. The highest BCUT2D eigenvalue weighted by Gasteiger charge is 2.05. The highest BCUT2D eigenvalue weighted by molar-refractivity contribution is 7.98. The van der Waals surface area contributed by atoms with E-state index in [2.05, 4.69) is 33.8 Å². The van der Waals surface area contributed by atoms with Gasteiger partial charge < -0.3 is 10.6 Å². The van der Waals surface area contributed by atoms with Gasteiger partial charge in [0, 0.05) is 24.4 Å². The molecule has 2 N–H and O–H groups in total. The van der Waals surface area contributed by atoms with Gasteiger partial charge in [-0.15, -0.1) is 0 Å². The molecule has 0 aromatic carbocycles. The number of nitrogens with zero attached hydrogens (tertiary/aromatic N) is 2. The van der Waals surface area contributed by atoms with Gasteiger partial charge in [-0.25, -0.2) is 9.97 Å². The summed E-state index contributed by atoms with van der Waals surface area (Å²) in [5.41, 5.74) is 1.09. The van der Waals surface area contributed by atoms with Gasteiger partial charge in [0.25, 0.3) is 0 Å². The number of hydrogen-bond acceptors (Lipinski definition) is 5. The summed E-state index contributed by atoms with van der Waals surface area (Å²) in [6.07, 6.45) is 4.80. The summed E-state index contributed by atoms with van der Waals surface area (Å²) in [5, 5.41) is 6.62. The van der Waals surface area contributed by atoms with Crippen LogP contribution in [0.4, 0.5) is 11.6 Å². The molecule has 1 heterocycles. The topological polar surface area (TPSA) is 49.8 Å². The molecular weight excluding hydrogens is 220 g/mol. The van der Waals surface area contributed by atoms with Gasteiger partial charge in [-0.1, -0.05) is 6.92 Å². The Morgan fingerprint density at radius 2 is 1.81 bits per heavy atom. The molecule has 0 fully saturated rings. The lowest BCUT2D eigenvalue weighted by molar-refractivity contribution is 0.958. The van der Waals surface area contributed by atoms with Crippen molar-refractivity contribution in [3.8, 4) is 0 Å². The Morgan fingerprint density at radius 3 is 2.38 bits per heavy atom. The number of hydrogen-bond donors (Lipinski definition) is 2. The molecule has 1 rings (SSSR count). The molecule has 0 aliphatic heterocycles. The van der Waals surface area contributed by atoms with Crippen molar-refractivity contribution in [1.29, 1.82) is 0 Å². The van der Waals surface area contributed by atoms with Crippen molar-refractivity contribution >= 4 is 23.4 Å². The Morgan fingerprint density at radius 1 is 1.19 bits per heavy atom. The zero-order valence-electron chi connectivity index (χ0n) is 10.2. The standard InChI is InChI=1S/C11H20N4S/c1-4-5-12-10-9(2)11(15-8-14-10)13-6-7-16-3/h8H,4-7H2,1-3H3,(H2,12,13,14,15). The maximum atomic E-state index is 4.25. The summed E-state index contributed by atoms with van der Waals surface area (Å²) >= 11 is 1.82. The molecule has 90 valence electrons. The predicted octanol–water partition coefficient (Wildman–Crippen LogP) is 2.38. The Balaban J connectivity index is 2.62. The lowest BCUT2D eigenvalue weighted by Crippen LogP contribution is -2.10. The van der Waals surface area contributed by atoms with Crippen LogP contribution in [-0.4, -0.2) is 35.1 Å². The van der Waals surface area contributed by atoms with Crippen LogP contribution in [0.2, 0.25) is 0 Å². The van der Waals surface area contributed by atoms with E-state index in [1.165, 1.54) is 0 Å². The van der Waals surface area contributed by atoms with E-state index in [9.17, 15) is 0 Å². The summed E-state index contributed by atoms with van der Waals surface area (Å²) in [4.78, 5) is 8.48. The van der Waals surface area contributed by atoms with E-state index < -0.39 is 0 Å². The van der Waals surface area contributed by atoms with Gasteiger partial charge in [-0.05, 0) is 19.6 Å². The quantitative estimate of drug-likeness (QED) is 0.717. The summed E-state index contributed by atoms with van der Waals surface area (Å²) in [5.74, 6) is 2.95. The number of thioether (sulfide) groups is 1. The summed E-state index contributed by atoms with van der Waals surface area (Å²) in [6.45, 7) is 6.06. The van der Waals surface area contributed by atoms with E-state index in [4.69, 9.17) is 0 Å². The lowest BCUT2D eigenvalue weighted by Gasteiger charge is -2.11. The molecule has 5 heteroatoms. The molecule has 0 spiro atoms. The van der Waals surface area contributed by atoms with Crippen molar-refractivity contribution in [3.63, 3.8) is 0 Å². The van der Waals surface area contributed by atoms with Gasteiger partial charge in [-0.3, -0.25) is 0 Å². The van der Waals surface area contributed by atoms with Crippen molar-refractivity contribution in [1.82, 2.24) is 9.97 Å². The van der Waals surface area contributed by atoms with Crippen LogP contribution >= 0.6 is 11.8 Å². The van der Waals surface area contributed by atoms with Crippen LogP contribution in [0.5, 0.6) is 0 Å². The molecule has 0 atom stereocenters. The average Bonchev–Trinajstić information content (AvgIpc) is 2.30. The van der Waals surface area contributed by atoms with Gasteiger partial charge >= 0.3 is 0 Å². The lowest BCUT2D eigenvalue weighted by atomic mass is 10.3. The van der Waals surface area contributed by atoms with Gasteiger partial charge in [0.1, 0.15) is 18.0 Å². The first-order chi connectivity index (χ1) is 7.79. The summed E-state index contributed by atoms with van der Waals surface area (Å²) < 4.78 is 0. The van der Waals surface area contributed by atoms with Crippen molar-refractivity contribution in [2.75, 3.05) is 35.7 Å². The van der Waals surface area contributed by atoms with Crippen LogP contribution in [0.3, 0.4) is 0 Å². The van der Waals surface area contributed by atoms with Crippen LogP contribution < -0.4 is 10.6 Å². The van der Waals surface area contributed by atoms with E-state index in [1.807, 2.05) is 18.7 Å². The van der Waals surface area contributed by atoms with Crippen LogP contribution in [0, 0.1) is 6.92 Å². The molecule has 1 aromatic rings. The molecule has 0 saturated heterocycles. The van der Waals surface area contributed by atoms with E-state index >= 15 is 0 Å². The van der Waals surface area contributed by atoms with Crippen LogP contribution in [0.1, 0.15) is 18.9 Å². The highest BCUT2D eigenvalue weighted by Crippen LogP contribution is 2.17. The zero-order valence-corrected chi connectivity index (χ0v) is 11.0. The van der Waals surface area contributed by atoms with E-state index in [0.717, 1.165) is 42.5 Å². The minimum atomic E-state index is 0.933. The van der Waals surface area contributed by atoms with Gasteiger partial charge in [0.15, 0.2) is 0 Å². The molecule has 0 aliphatic carbocycles. The SMILES string of the molecule is CCCNc1ncnc(NCCSC)c1C. The number of anilines is 2. The Hall–Kier alpha value is -0.970. The molecule has 0 amide bonds. The maximum absolute atomic E-state index is 4.25. The first-order valence-corrected chi connectivity index (χ1v) is 6.97. The highest BCUT2D eigenvalue weighted by atomic mass is 32.2. The fraction of sp³-hybridized carbons (Fsp3) is 0.636. The largest absolute Gasteiger partial charge is 0.370 e. The van der Waals surface area contributed by atoms with Crippen molar-refractivity contribution in [2.24, 2.45) is 0 Å². The fourth-order valence-corrected chi connectivity index (χ4v) is 1.63. The van der Waals surface area contributed by atoms with Gasteiger partial charge in [0.05, 0.1) is 0 Å². The van der Waals surface area contributed by atoms with E-state index in [-0.39, 0.29) is 0 Å². The second-order valence-electron chi connectivity index (χ2n) is 3.54. The number of aromatic nitrogens is 2. The molecule has 0 saturated carbocycles. The second-order valence-corrected chi connectivity index (χ2v) is 4.53. The molecule has 0 unspecified atom stereocenters. The van der Waals surface area contributed by atoms with E-state index in [1.54, 1.807) is 6.33 Å². The smallest absolute Gasteiger partial charge is 0.134 e. The summed E-state index contributed by atoms with van der Waals surface area (Å²) in [7, 11) is 0. The Labute approximate surface area is 102 Å². The Kier molecular flexibility index (Phi) is 6.00. The minimum absolute atomic E-state index is 0.933. The molecule has 16 heavy (non-hydrogen) atoms. The zero-order chi connectivity index (χ0) is 11.8. The second kappa shape index (κ2) is 7.33. The van der Waals surface area contributed by atoms with Crippen LogP contribution in [0.15, 0.2) is 6.33 Å². The van der Waals surface area contributed by atoms with Crippen molar-refractivity contribution in [3.05, 3.63) is 11.9 Å². The minimum Gasteiger partial charge on any atom is -0.370 e. The molecule has 0 bridgehead atoms. The molecule has 1 aromatic heterocycles. The first kappa shape index (κ1) is 13.1. The number of rotatable bonds is 7. The average molecular weight is 240 g/mol. The predicted molar refractivity (Wildman–Crippen MR) is 72.4 cm³/mol. The maximum Gasteiger partial charge on any atom is 0.134 e. The van der Waals surface area contributed by atoms with Crippen molar-refractivity contribution < 1.29 is 0 Å². The number of nitrogens with one attached hydrogen (secondary N) is 2. The van der Waals surface area contributed by atoms with E-state index in [0.29, 0.717) is 0 Å². The van der Waals surface area contributed by atoms with Crippen LogP contribution in [0.25, 0.3) is 0 Å². The van der Waals surface area contributed by atoms with Crippen LogP contribution in [-0.2, 0) is 0 Å². The molecular formula is C11H20N4S. The Bertz CT molecular complexity index is 317. The molecule has 0 aliphatic rings. The third-order valence-corrected chi connectivity index (χ3v) is 2.84. The third-order valence-electron chi connectivity index (χ3n) is 2.23. The monoisotopic (exact) mass is 240 g/mol. The third kappa shape index (κ3) is 3.89. The van der Waals surface area contributed by atoms with Crippen molar-refractivity contribution in [2.45, 2.75) is 20.3 Å². The molecule has 4 nitrogen and oxygen atoms in total.